The first-order valence-electron chi connectivity index (χ1n) is 8.05. The summed E-state index contributed by atoms with van der Waals surface area (Å²) >= 11 is 13.2. The van der Waals surface area contributed by atoms with Gasteiger partial charge in [0.05, 0.1) is 16.5 Å². The molecule has 3 aromatic rings. The van der Waals surface area contributed by atoms with Crippen molar-refractivity contribution in [3.63, 3.8) is 0 Å². The number of aromatic nitrogens is 3. The lowest BCUT2D eigenvalue weighted by molar-refractivity contribution is -0.113. The van der Waals surface area contributed by atoms with Gasteiger partial charge >= 0.3 is 0 Å². The van der Waals surface area contributed by atoms with E-state index >= 15 is 0 Å². The van der Waals surface area contributed by atoms with Crippen LogP contribution in [0.3, 0.4) is 0 Å². The van der Waals surface area contributed by atoms with E-state index in [9.17, 15) is 9.59 Å². The molecule has 3 N–H and O–H groups in total. The first-order chi connectivity index (χ1) is 13.4. The predicted molar refractivity (Wildman–Crippen MR) is 111 cm³/mol. The van der Waals surface area contributed by atoms with Crippen LogP contribution in [0.15, 0.2) is 47.6 Å². The number of nitrogens with zero attached hydrogens (tertiary/aromatic N) is 3. The fourth-order valence-corrected chi connectivity index (χ4v) is 3.59. The number of rotatable bonds is 6. The second-order valence-electron chi connectivity index (χ2n) is 5.74. The third-order valence-electron chi connectivity index (χ3n) is 3.75. The maximum atomic E-state index is 12.3. The van der Waals surface area contributed by atoms with E-state index in [0.29, 0.717) is 37.8 Å². The van der Waals surface area contributed by atoms with Crippen molar-refractivity contribution in [2.24, 2.45) is 0 Å². The Labute approximate surface area is 175 Å². The molecule has 0 saturated carbocycles. The van der Waals surface area contributed by atoms with Gasteiger partial charge in [0.15, 0.2) is 11.6 Å². The SMILES string of the molecule is CC(=O)c1ccccc1NC(=O)CSc1nnc(-c2ccc(Cl)cc2Cl)n1N. The fraction of sp³-hybridized carbons (Fsp3) is 0.111. The number of para-hydroxylation sites is 1. The zero-order valence-corrected chi connectivity index (χ0v) is 17.0. The molecule has 7 nitrogen and oxygen atoms in total. The third-order valence-corrected chi connectivity index (χ3v) is 5.24. The first kappa shape index (κ1) is 20.2. The van der Waals surface area contributed by atoms with Crippen LogP contribution in [0.4, 0.5) is 5.69 Å². The summed E-state index contributed by atoms with van der Waals surface area (Å²) in [6, 6.07) is 11.8. The number of carbonyl (C=O) groups is 2. The van der Waals surface area contributed by atoms with Gasteiger partial charge in [-0.25, -0.2) is 4.68 Å². The molecule has 0 radical (unpaired) electrons. The maximum Gasteiger partial charge on any atom is 0.234 e. The zero-order valence-electron chi connectivity index (χ0n) is 14.6. The average Bonchev–Trinajstić information content (AvgIpc) is 3.01. The van der Waals surface area contributed by atoms with E-state index in [0.717, 1.165) is 11.8 Å². The summed E-state index contributed by atoms with van der Waals surface area (Å²) in [6.45, 7) is 1.44. The van der Waals surface area contributed by atoms with Crippen molar-refractivity contribution in [2.45, 2.75) is 12.1 Å². The molecule has 1 amide bonds. The molecule has 0 aliphatic heterocycles. The van der Waals surface area contributed by atoms with Gasteiger partial charge in [-0.2, -0.15) is 0 Å². The number of nitrogen functional groups attached to an aromatic ring is 1. The van der Waals surface area contributed by atoms with Crippen LogP contribution in [-0.4, -0.2) is 32.3 Å². The number of nitrogens with two attached hydrogens (primary N) is 1. The zero-order chi connectivity index (χ0) is 20.3. The molecule has 1 heterocycles. The van der Waals surface area contributed by atoms with E-state index in [4.69, 9.17) is 29.0 Å². The molecule has 10 heteroatoms. The summed E-state index contributed by atoms with van der Waals surface area (Å²) in [5.41, 5.74) is 1.48. The summed E-state index contributed by atoms with van der Waals surface area (Å²) in [7, 11) is 0. The van der Waals surface area contributed by atoms with Crippen molar-refractivity contribution in [2.75, 3.05) is 16.9 Å². The van der Waals surface area contributed by atoms with Crippen molar-refractivity contribution in [3.05, 3.63) is 58.1 Å². The molecule has 0 aliphatic rings. The average molecular weight is 436 g/mol. The number of carbonyl (C=O) groups excluding carboxylic acids is 2. The van der Waals surface area contributed by atoms with Crippen molar-refractivity contribution in [1.82, 2.24) is 14.9 Å². The number of benzene rings is 2. The number of hydrogen-bond acceptors (Lipinski definition) is 6. The van der Waals surface area contributed by atoms with Gasteiger partial charge in [-0.15, -0.1) is 10.2 Å². The normalized spacial score (nSPS) is 10.7. The van der Waals surface area contributed by atoms with Crippen LogP contribution in [0.1, 0.15) is 17.3 Å². The van der Waals surface area contributed by atoms with Gasteiger partial charge in [0.1, 0.15) is 0 Å². The summed E-state index contributed by atoms with van der Waals surface area (Å²) in [4.78, 5) is 23.9. The Bertz CT molecular complexity index is 1050. The second kappa shape index (κ2) is 8.64. The topological polar surface area (TPSA) is 103 Å². The maximum absolute atomic E-state index is 12.3. The van der Waals surface area contributed by atoms with E-state index in [1.54, 1.807) is 42.5 Å². The minimum atomic E-state index is -0.298. The Morgan fingerprint density at radius 2 is 1.93 bits per heavy atom. The van der Waals surface area contributed by atoms with E-state index < -0.39 is 0 Å². The van der Waals surface area contributed by atoms with Crippen molar-refractivity contribution >= 4 is 52.3 Å². The van der Waals surface area contributed by atoms with Gasteiger partial charge < -0.3 is 11.2 Å². The van der Waals surface area contributed by atoms with Crippen LogP contribution in [-0.2, 0) is 4.79 Å². The molecule has 0 saturated heterocycles. The molecule has 3 rings (SSSR count). The molecule has 0 spiro atoms. The van der Waals surface area contributed by atoms with Crippen LogP contribution >= 0.6 is 35.0 Å². The third kappa shape index (κ3) is 4.46. The van der Waals surface area contributed by atoms with Crippen molar-refractivity contribution in [3.8, 4) is 11.4 Å². The quantitative estimate of drug-likeness (QED) is 0.345. The summed E-state index contributed by atoms with van der Waals surface area (Å²) < 4.78 is 1.26. The summed E-state index contributed by atoms with van der Waals surface area (Å²) in [5.74, 6) is 6.01. The van der Waals surface area contributed by atoms with Crippen molar-refractivity contribution in [1.29, 1.82) is 0 Å². The Morgan fingerprint density at radius 1 is 1.18 bits per heavy atom. The minimum Gasteiger partial charge on any atom is -0.335 e. The molecular formula is C18H15Cl2N5O2S. The van der Waals surface area contributed by atoms with Crippen LogP contribution in [0.2, 0.25) is 10.0 Å². The lowest BCUT2D eigenvalue weighted by Gasteiger charge is -2.09. The standard InChI is InChI=1S/C18H15Cl2N5O2S/c1-10(26)12-4-2-3-5-15(12)22-16(27)9-28-18-24-23-17(25(18)21)13-7-6-11(19)8-14(13)20/h2-8H,9,21H2,1H3,(H,22,27). The highest BCUT2D eigenvalue weighted by atomic mass is 35.5. The van der Waals surface area contributed by atoms with Gasteiger partial charge in [-0.05, 0) is 37.3 Å². The first-order valence-corrected chi connectivity index (χ1v) is 9.79. The number of hydrogen-bond donors (Lipinski definition) is 2. The predicted octanol–water partition coefficient (Wildman–Crippen LogP) is 3.90. The fourth-order valence-electron chi connectivity index (χ4n) is 2.45. The van der Waals surface area contributed by atoms with Gasteiger partial charge in [-0.1, -0.05) is 47.1 Å². The second-order valence-corrected chi connectivity index (χ2v) is 7.53. The Kier molecular flexibility index (Phi) is 6.23. The highest BCUT2D eigenvalue weighted by molar-refractivity contribution is 7.99. The summed E-state index contributed by atoms with van der Waals surface area (Å²) in [5, 5.41) is 12.0. The molecular weight excluding hydrogens is 421 g/mol. The van der Waals surface area contributed by atoms with E-state index in [1.807, 2.05) is 0 Å². The highest BCUT2D eigenvalue weighted by Crippen LogP contribution is 2.30. The van der Waals surface area contributed by atoms with Crippen LogP contribution in [0.5, 0.6) is 0 Å². The number of nitrogens with one attached hydrogen (secondary N) is 1. The van der Waals surface area contributed by atoms with Crippen LogP contribution in [0, 0.1) is 0 Å². The summed E-state index contributed by atoms with van der Waals surface area (Å²) in [6.07, 6.45) is 0. The number of anilines is 1. The Hall–Kier alpha value is -2.55. The minimum absolute atomic E-state index is 0.0376. The number of thioether (sulfide) groups is 1. The van der Waals surface area contributed by atoms with Crippen molar-refractivity contribution < 1.29 is 9.59 Å². The molecule has 2 aromatic carbocycles. The molecule has 144 valence electrons. The van der Waals surface area contributed by atoms with Crippen LogP contribution < -0.4 is 11.2 Å². The van der Waals surface area contributed by atoms with Crippen LogP contribution in [0.25, 0.3) is 11.4 Å². The number of Topliss-reactive ketones (excluding diaryl/α,β-unsaturated/α-hetero) is 1. The lowest BCUT2D eigenvalue weighted by Crippen LogP contribution is -2.17. The van der Waals surface area contributed by atoms with Gasteiger partial charge in [0.2, 0.25) is 11.1 Å². The molecule has 0 atom stereocenters. The van der Waals surface area contributed by atoms with E-state index in [-0.39, 0.29) is 17.4 Å². The van der Waals surface area contributed by atoms with Gasteiger partial charge in [0, 0.05) is 16.1 Å². The monoisotopic (exact) mass is 435 g/mol. The van der Waals surface area contributed by atoms with E-state index in [1.165, 1.54) is 11.6 Å². The Balaban J connectivity index is 1.70. The van der Waals surface area contributed by atoms with Gasteiger partial charge in [0.25, 0.3) is 0 Å². The number of amides is 1. The highest BCUT2D eigenvalue weighted by Gasteiger charge is 2.17. The van der Waals surface area contributed by atoms with E-state index in [2.05, 4.69) is 15.5 Å². The number of halogens is 2. The lowest BCUT2D eigenvalue weighted by atomic mass is 10.1. The number of ketones is 1. The van der Waals surface area contributed by atoms with Gasteiger partial charge in [-0.3, -0.25) is 9.59 Å². The smallest absolute Gasteiger partial charge is 0.234 e. The molecule has 28 heavy (non-hydrogen) atoms. The molecule has 0 unspecified atom stereocenters. The molecule has 1 aromatic heterocycles. The Morgan fingerprint density at radius 3 is 2.64 bits per heavy atom. The molecule has 0 bridgehead atoms. The largest absolute Gasteiger partial charge is 0.335 e. The molecule has 0 aliphatic carbocycles. The molecule has 0 fully saturated rings.